The lowest BCUT2D eigenvalue weighted by atomic mass is 9.96. The van der Waals surface area contributed by atoms with E-state index < -0.39 is 18.1 Å². The number of amides is 1. The zero-order chi connectivity index (χ0) is 12.6. The number of β-amino-alcohol motifs (C(OH)–C–C–N with tert-alkyl or cyclic N) is 1. The van der Waals surface area contributed by atoms with Crippen LogP contribution in [0, 0.1) is 11.8 Å². The topological polar surface area (TPSA) is 77.8 Å². The van der Waals surface area contributed by atoms with Crippen molar-refractivity contribution in [2.75, 3.05) is 6.54 Å². The van der Waals surface area contributed by atoms with Crippen LogP contribution in [0.1, 0.15) is 32.6 Å². The minimum Gasteiger partial charge on any atom is -0.480 e. The van der Waals surface area contributed by atoms with Crippen molar-refractivity contribution in [1.29, 1.82) is 0 Å². The molecule has 4 atom stereocenters. The summed E-state index contributed by atoms with van der Waals surface area (Å²) in [4.78, 5) is 24.7. The van der Waals surface area contributed by atoms with E-state index in [0.29, 0.717) is 5.92 Å². The number of hydrogen-bond donors (Lipinski definition) is 2. The zero-order valence-corrected chi connectivity index (χ0v) is 10.0. The molecule has 17 heavy (non-hydrogen) atoms. The number of hydrogen-bond acceptors (Lipinski definition) is 3. The average Bonchev–Trinajstić information content (AvgIpc) is 2.83. The quantitative estimate of drug-likeness (QED) is 0.736. The maximum absolute atomic E-state index is 12.3. The van der Waals surface area contributed by atoms with E-state index in [1.165, 1.54) is 4.90 Å². The molecule has 2 unspecified atom stereocenters. The largest absolute Gasteiger partial charge is 0.480 e. The number of carboxylic acid groups (broad SMARTS) is 1. The third-order valence-electron chi connectivity index (χ3n) is 4.03. The summed E-state index contributed by atoms with van der Waals surface area (Å²) in [6.45, 7) is 2.21. The Bertz CT molecular complexity index is 330. The molecule has 2 aliphatic rings. The van der Waals surface area contributed by atoms with Crippen molar-refractivity contribution in [1.82, 2.24) is 4.90 Å². The summed E-state index contributed by atoms with van der Waals surface area (Å²) in [5, 5.41) is 18.6. The van der Waals surface area contributed by atoms with Gasteiger partial charge in [-0.1, -0.05) is 13.3 Å². The first-order valence-electron chi connectivity index (χ1n) is 6.22. The van der Waals surface area contributed by atoms with Gasteiger partial charge < -0.3 is 15.1 Å². The summed E-state index contributed by atoms with van der Waals surface area (Å²) in [5.41, 5.74) is 0. The van der Waals surface area contributed by atoms with Gasteiger partial charge in [0, 0.05) is 18.9 Å². The number of aliphatic hydroxyl groups excluding tert-OH is 1. The molecule has 96 valence electrons. The standard InChI is InChI=1S/C12H19NO4/c1-7-3-2-4-9(7)11(15)13-6-8(14)5-10(13)12(16)17/h7-10,14H,2-6H2,1H3,(H,16,17)/t7?,8-,9?,10-/m0/s1. The van der Waals surface area contributed by atoms with E-state index in [2.05, 4.69) is 0 Å². The molecule has 2 rings (SSSR count). The van der Waals surface area contributed by atoms with Gasteiger partial charge in [0.2, 0.25) is 5.91 Å². The average molecular weight is 241 g/mol. The fraction of sp³-hybridized carbons (Fsp3) is 0.833. The summed E-state index contributed by atoms with van der Waals surface area (Å²) in [5.74, 6) is -0.823. The number of carbonyl (C=O) groups is 2. The molecule has 0 aromatic carbocycles. The van der Waals surface area contributed by atoms with Crippen LogP contribution in [-0.4, -0.2) is 45.7 Å². The number of likely N-dealkylation sites (tertiary alicyclic amines) is 1. The smallest absolute Gasteiger partial charge is 0.326 e. The van der Waals surface area contributed by atoms with Gasteiger partial charge in [-0.2, -0.15) is 0 Å². The summed E-state index contributed by atoms with van der Waals surface area (Å²) in [6, 6.07) is -0.842. The van der Waals surface area contributed by atoms with Crippen LogP contribution in [0.3, 0.4) is 0 Å². The minimum absolute atomic E-state index is 0.0536. The molecule has 0 bridgehead atoms. The second-order valence-corrected chi connectivity index (χ2v) is 5.25. The first kappa shape index (κ1) is 12.4. The van der Waals surface area contributed by atoms with E-state index in [1.54, 1.807) is 0 Å². The van der Waals surface area contributed by atoms with Crippen molar-refractivity contribution in [2.24, 2.45) is 11.8 Å². The van der Waals surface area contributed by atoms with Gasteiger partial charge in [0.1, 0.15) is 6.04 Å². The van der Waals surface area contributed by atoms with Gasteiger partial charge in [0.25, 0.3) is 0 Å². The van der Waals surface area contributed by atoms with Crippen LogP contribution in [0.5, 0.6) is 0 Å². The number of nitrogens with zero attached hydrogens (tertiary/aromatic N) is 1. The maximum Gasteiger partial charge on any atom is 0.326 e. The van der Waals surface area contributed by atoms with E-state index in [0.717, 1.165) is 19.3 Å². The Kier molecular flexibility index (Phi) is 3.38. The fourth-order valence-electron chi connectivity index (χ4n) is 3.02. The SMILES string of the molecule is CC1CCCC1C(=O)N1C[C@@H](O)C[C@H]1C(=O)O. The van der Waals surface area contributed by atoms with Gasteiger partial charge in [0.05, 0.1) is 6.10 Å². The predicted molar refractivity (Wildman–Crippen MR) is 60.3 cm³/mol. The van der Waals surface area contributed by atoms with Crippen LogP contribution in [0.15, 0.2) is 0 Å². The van der Waals surface area contributed by atoms with Crippen LogP contribution >= 0.6 is 0 Å². The molecule has 5 nitrogen and oxygen atoms in total. The molecule has 1 aliphatic carbocycles. The predicted octanol–water partition coefficient (Wildman–Crippen LogP) is 0.469. The third-order valence-corrected chi connectivity index (χ3v) is 4.03. The molecule has 1 aliphatic heterocycles. The van der Waals surface area contributed by atoms with Crippen molar-refractivity contribution in [3.63, 3.8) is 0 Å². The maximum atomic E-state index is 12.3. The number of carboxylic acids is 1. The normalized spacial score (nSPS) is 37.4. The van der Waals surface area contributed by atoms with E-state index in [4.69, 9.17) is 5.11 Å². The second kappa shape index (κ2) is 4.64. The van der Waals surface area contributed by atoms with Crippen LogP contribution < -0.4 is 0 Å². The van der Waals surface area contributed by atoms with Crippen molar-refractivity contribution in [3.05, 3.63) is 0 Å². The van der Waals surface area contributed by atoms with Crippen molar-refractivity contribution in [2.45, 2.75) is 44.8 Å². The van der Waals surface area contributed by atoms with Gasteiger partial charge >= 0.3 is 5.97 Å². The van der Waals surface area contributed by atoms with E-state index >= 15 is 0 Å². The van der Waals surface area contributed by atoms with Crippen LogP contribution in [0.25, 0.3) is 0 Å². The Balaban J connectivity index is 2.10. The Morgan fingerprint density at radius 3 is 2.53 bits per heavy atom. The van der Waals surface area contributed by atoms with Gasteiger partial charge in [-0.15, -0.1) is 0 Å². The molecule has 1 saturated heterocycles. The first-order chi connectivity index (χ1) is 8.00. The van der Waals surface area contributed by atoms with Gasteiger partial charge in [-0.25, -0.2) is 4.79 Å². The lowest BCUT2D eigenvalue weighted by Gasteiger charge is -2.26. The zero-order valence-electron chi connectivity index (χ0n) is 10.0. The first-order valence-corrected chi connectivity index (χ1v) is 6.22. The van der Waals surface area contributed by atoms with E-state index in [1.807, 2.05) is 6.92 Å². The molecule has 5 heteroatoms. The lowest BCUT2D eigenvalue weighted by molar-refractivity contribution is -0.150. The number of rotatable bonds is 2. The molecule has 0 radical (unpaired) electrons. The number of carbonyl (C=O) groups excluding carboxylic acids is 1. The Morgan fingerprint density at radius 1 is 1.29 bits per heavy atom. The second-order valence-electron chi connectivity index (χ2n) is 5.25. The molecule has 0 spiro atoms. The highest BCUT2D eigenvalue weighted by Crippen LogP contribution is 2.34. The highest BCUT2D eigenvalue weighted by molar-refractivity contribution is 5.86. The lowest BCUT2D eigenvalue weighted by Crippen LogP contribution is -2.44. The number of aliphatic carboxylic acids is 1. The van der Waals surface area contributed by atoms with Crippen molar-refractivity contribution in [3.8, 4) is 0 Å². The molecule has 1 heterocycles. The fourth-order valence-corrected chi connectivity index (χ4v) is 3.02. The Morgan fingerprint density at radius 2 is 2.00 bits per heavy atom. The highest BCUT2D eigenvalue weighted by atomic mass is 16.4. The molecule has 1 saturated carbocycles. The van der Waals surface area contributed by atoms with E-state index in [-0.39, 0.29) is 24.8 Å². The van der Waals surface area contributed by atoms with Gasteiger partial charge in [0.15, 0.2) is 0 Å². The molecule has 2 fully saturated rings. The Labute approximate surface area is 100 Å². The molecular formula is C12H19NO4. The summed E-state index contributed by atoms with van der Waals surface area (Å²) in [7, 11) is 0. The minimum atomic E-state index is -1.01. The summed E-state index contributed by atoms with van der Waals surface area (Å²) >= 11 is 0. The molecule has 0 aromatic rings. The van der Waals surface area contributed by atoms with Crippen LogP contribution in [0.4, 0.5) is 0 Å². The van der Waals surface area contributed by atoms with E-state index in [9.17, 15) is 14.7 Å². The third kappa shape index (κ3) is 2.29. The number of aliphatic hydroxyl groups is 1. The van der Waals surface area contributed by atoms with Gasteiger partial charge in [-0.05, 0) is 18.8 Å². The Hall–Kier alpha value is -1.10. The van der Waals surface area contributed by atoms with Crippen molar-refractivity contribution >= 4 is 11.9 Å². The summed E-state index contributed by atoms with van der Waals surface area (Å²) in [6.07, 6.45) is 2.37. The molecule has 0 aromatic heterocycles. The van der Waals surface area contributed by atoms with Crippen LogP contribution in [0.2, 0.25) is 0 Å². The van der Waals surface area contributed by atoms with Crippen molar-refractivity contribution < 1.29 is 19.8 Å². The molecule has 2 N–H and O–H groups in total. The molecule has 1 amide bonds. The molecular weight excluding hydrogens is 222 g/mol. The van der Waals surface area contributed by atoms with Gasteiger partial charge in [-0.3, -0.25) is 4.79 Å². The van der Waals surface area contributed by atoms with Crippen LogP contribution in [-0.2, 0) is 9.59 Å². The highest BCUT2D eigenvalue weighted by Gasteiger charge is 2.43. The monoisotopic (exact) mass is 241 g/mol. The summed E-state index contributed by atoms with van der Waals surface area (Å²) < 4.78 is 0.